The van der Waals surface area contributed by atoms with Gasteiger partial charge in [0, 0.05) is 24.5 Å². The largest absolute Gasteiger partial charge is 0.491 e. The van der Waals surface area contributed by atoms with Crippen molar-refractivity contribution < 1.29 is 24.2 Å². The lowest BCUT2D eigenvalue weighted by Crippen LogP contribution is -2.58. The number of amides is 1. The molecule has 0 radical (unpaired) electrons. The third-order valence-electron chi connectivity index (χ3n) is 4.83. The van der Waals surface area contributed by atoms with Crippen LogP contribution in [-0.2, 0) is 11.2 Å². The molecule has 2 aromatic carbocycles. The summed E-state index contributed by atoms with van der Waals surface area (Å²) >= 11 is 0. The van der Waals surface area contributed by atoms with E-state index in [0.29, 0.717) is 22.9 Å². The van der Waals surface area contributed by atoms with Crippen LogP contribution in [0.5, 0.6) is 5.75 Å². The molecule has 0 fully saturated rings. The Bertz CT molecular complexity index is 1060. The highest BCUT2D eigenvalue weighted by atomic mass is 16.5. The first-order valence-corrected chi connectivity index (χ1v) is 8.75. The predicted octanol–water partition coefficient (Wildman–Crippen LogP) is 2.01. The van der Waals surface area contributed by atoms with E-state index in [4.69, 9.17) is 9.47 Å². The average Bonchev–Trinajstić information content (AvgIpc) is 3.11. The summed E-state index contributed by atoms with van der Waals surface area (Å²) in [5, 5.41) is 19.1. The summed E-state index contributed by atoms with van der Waals surface area (Å²) in [4.78, 5) is 24.3. The lowest BCUT2D eigenvalue weighted by Gasteiger charge is -2.38. The maximum Gasteiger partial charge on any atom is 0.357 e. The molecule has 8 heteroatoms. The van der Waals surface area contributed by atoms with Crippen LogP contribution >= 0.6 is 0 Å². The first-order chi connectivity index (χ1) is 13.5. The molecule has 1 aliphatic rings. The van der Waals surface area contributed by atoms with Gasteiger partial charge in [-0.3, -0.25) is 9.89 Å². The summed E-state index contributed by atoms with van der Waals surface area (Å²) in [7, 11) is 1.57. The Morgan fingerprint density at radius 1 is 1.32 bits per heavy atom. The van der Waals surface area contributed by atoms with Crippen LogP contribution in [0.3, 0.4) is 0 Å². The second-order valence-corrected chi connectivity index (χ2v) is 6.88. The number of nitrogens with zero attached hydrogens (tertiary/aromatic N) is 1. The van der Waals surface area contributed by atoms with Crippen LogP contribution in [-0.4, -0.2) is 53.0 Å². The standard InChI is InChI=1S/C20H19N3O5/c1-27-10-20(9-13-4-2-3-5-16(13)28-11-20)21-18(24)12-6-7-15-14(8-12)17(19(25)26)23-22-15/h2-8H,9-11H2,1H3,(H,21,24)(H,22,23)(H,25,26). The normalized spacial score (nSPS) is 18.3. The van der Waals surface area contributed by atoms with E-state index in [2.05, 4.69) is 15.5 Å². The summed E-state index contributed by atoms with van der Waals surface area (Å²) in [6, 6.07) is 12.5. The molecule has 1 aromatic heterocycles. The number of ether oxygens (including phenoxy) is 2. The first-order valence-electron chi connectivity index (χ1n) is 8.75. The molecular formula is C20H19N3O5. The number of aromatic carboxylic acids is 1. The Balaban J connectivity index is 1.63. The highest BCUT2D eigenvalue weighted by Gasteiger charge is 2.38. The lowest BCUT2D eigenvalue weighted by molar-refractivity contribution is 0.0506. The number of carbonyl (C=O) groups is 2. The molecule has 0 aliphatic carbocycles. The molecule has 0 saturated carbocycles. The molecule has 8 nitrogen and oxygen atoms in total. The van der Waals surface area contributed by atoms with Crippen LogP contribution in [0.1, 0.15) is 26.4 Å². The zero-order valence-corrected chi connectivity index (χ0v) is 15.2. The summed E-state index contributed by atoms with van der Waals surface area (Å²) in [5.41, 5.74) is 1.04. The van der Waals surface area contributed by atoms with E-state index in [1.54, 1.807) is 19.2 Å². The SMILES string of the molecule is COCC1(NC(=O)c2ccc3[nH]nc(C(=O)O)c3c2)COc2ccccc2C1. The van der Waals surface area contributed by atoms with Crippen molar-refractivity contribution in [2.24, 2.45) is 0 Å². The van der Waals surface area contributed by atoms with Crippen LogP contribution in [0, 0.1) is 0 Å². The fourth-order valence-electron chi connectivity index (χ4n) is 3.54. The quantitative estimate of drug-likeness (QED) is 0.623. The number of H-pyrrole nitrogens is 1. The van der Waals surface area contributed by atoms with Gasteiger partial charge in [0.05, 0.1) is 12.1 Å². The molecule has 1 amide bonds. The predicted molar refractivity (Wildman–Crippen MR) is 101 cm³/mol. The van der Waals surface area contributed by atoms with Crippen LogP contribution in [0.25, 0.3) is 10.9 Å². The third kappa shape index (κ3) is 3.18. The monoisotopic (exact) mass is 381 g/mol. The lowest BCUT2D eigenvalue weighted by atomic mass is 9.89. The number of fused-ring (bicyclic) bond motifs is 2. The van der Waals surface area contributed by atoms with E-state index < -0.39 is 11.5 Å². The minimum Gasteiger partial charge on any atom is -0.491 e. The van der Waals surface area contributed by atoms with Crippen molar-refractivity contribution in [3.8, 4) is 5.75 Å². The van der Waals surface area contributed by atoms with E-state index in [1.165, 1.54) is 6.07 Å². The summed E-state index contributed by atoms with van der Waals surface area (Å²) in [6.45, 7) is 0.555. The molecule has 1 atom stereocenters. The highest BCUT2D eigenvalue weighted by molar-refractivity contribution is 6.04. The van der Waals surface area contributed by atoms with Gasteiger partial charge in [-0.1, -0.05) is 18.2 Å². The number of hydrogen-bond acceptors (Lipinski definition) is 5. The molecule has 0 spiro atoms. The minimum absolute atomic E-state index is 0.119. The molecular weight excluding hydrogens is 362 g/mol. The van der Waals surface area contributed by atoms with Gasteiger partial charge in [0.2, 0.25) is 0 Å². The van der Waals surface area contributed by atoms with E-state index in [1.807, 2.05) is 24.3 Å². The second kappa shape index (κ2) is 6.97. The van der Waals surface area contributed by atoms with Gasteiger partial charge in [-0.05, 0) is 29.8 Å². The van der Waals surface area contributed by atoms with Crippen LogP contribution in [0.2, 0.25) is 0 Å². The van der Waals surface area contributed by atoms with Crippen molar-refractivity contribution in [2.75, 3.05) is 20.3 Å². The Hall–Kier alpha value is -3.39. The third-order valence-corrected chi connectivity index (χ3v) is 4.83. The smallest absolute Gasteiger partial charge is 0.357 e. The molecule has 0 saturated heterocycles. The molecule has 1 aliphatic heterocycles. The molecule has 4 rings (SSSR count). The number of hydrogen-bond donors (Lipinski definition) is 3. The maximum absolute atomic E-state index is 13.0. The number of carboxylic acid groups (broad SMARTS) is 1. The van der Waals surface area contributed by atoms with Crippen molar-refractivity contribution in [3.63, 3.8) is 0 Å². The van der Waals surface area contributed by atoms with Gasteiger partial charge >= 0.3 is 5.97 Å². The van der Waals surface area contributed by atoms with Crippen LogP contribution in [0.15, 0.2) is 42.5 Å². The second-order valence-electron chi connectivity index (χ2n) is 6.88. The Morgan fingerprint density at radius 2 is 2.14 bits per heavy atom. The van der Waals surface area contributed by atoms with Crippen LogP contribution < -0.4 is 10.1 Å². The van der Waals surface area contributed by atoms with Gasteiger partial charge in [0.15, 0.2) is 5.69 Å². The van der Waals surface area contributed by atoms with Crippen molar-refractivity contribution in [2.45, 2.75) is 12.0 Å². The fraction of sp³-hybridized carbons (Fsp3) is 0.250. The number of aromatic amines is 1. The Kier molecular flexibility index (Phi) is 4.48. The zero-order valence-electron chi connectivity index (χ0n) is 15.2. The van der Waals surface area contributed by atoms with Crippen molar-refractivity contribution in [1.29, 1.82) is 0 Å². The van der Waals surface area contributed by atoms with Crippen molar-refractivity contribution in [3.05, 3.63) is 59.3 Å². The number of rotatable bonds is 5. The van der Waals surface area contributed by atoms with Crippen LogP contribution in [0.4, 0.5) is 0 Å². The van der Waals surface area contributed by atoms with E-state index in [9.17, 15) is 14.7 Å². The van der Waals surface area contributed by atoms with Gasteiger partial charge in [0.1, 0.15) is 17.9 Å². The zero-order chi connectivity index (χ0) is 19.7. The Labute approximate surface area is 160 Å². The Morgan fingerprint density at radius 3 is 2.93 bits per heavy atom. The van der Waals surface area contributed by atoms with E-state index in [0.717, 1.165) is 11.3 Å². The molecule has 3 aromatic rings. The molecule has 2 heterocycles. The summed E-state index contributed by atoms with van der Waals surface area (Å²) < 4.78 is 11.2. The van der Waals surface area contributed by atoms with Crippen molar-refractivity contribution in [1.82, 2.24) is 15.5 Å². The number of benzene rings is 2. The van der Waals surface area contributed by atoms with Gasteiger partial charge in [-0.2, -0.15) is 5.10 Å². The first kappa shape index (κ1) is 18.0. The maximum atomic E-state index is 13.0. The number of para-hydroxylation sites is 1. The number of methoxy groups -OCH3 is 1. The van der Waals surface area contributed by atoms with Gasteiger partial charge in [-0.15, -0.1) is 0 Å². The number of aromatic nitrogens is 2. The number of carbonyl (C=O) groups excluding carboxylic acids is 1. The number of carboxylic acids is 1. The molecule has 1 unspecified atom stereocenters. The van der Waals surface area contributed by atoms with Crippen molar-refractivity contribution >= 4 is 22.8 Å². The van der Waals surface area contributed by atoms with E-state index in [-0.39, 0.29) is 24.8 Å². The minimum atomic E-state index is -1.16. The van der Waals surface area contributed by atoms with Gasteiger partial charge in [-0.25, -0.2) is 4.79 Å². The van der Waals surface area contributed by atoms with E-state index >= 15 is 0 Å². The topological polar surface area (TPSA) is 114 Å². The average molecular weight is 381 g/mol. The molecule has 0 bridgehead atoms. The molecule has 144 valence electrons. The number of nitrogens with one attached hydrogen (secondary N) is 2. The van der Waals surface area contributed by atoms with Gasteiger partial charge < -0.3 is 19.9 Å². The fourth-order valence-corrected chi connectivity index (χ4v) is 3.54. The molecule has 28 heavy (non-hydrogen) atoms. The highest BCUT2D eigenvalue weighted by Crippen LogP contribution is 2.30. The summed E-state index contributed by atoms with van der Waals surface area (Å²) in [5.74, 6) is -0.689. The summed E-state index contributed by atoms with van der Waals surface area (Å²) in [6.07, 6.45) is 0.567. The molecule has 3 N–H and O–H groups in total. The van der Waals surface area contributed by atoms with Gasteiger partial charge in [0.25, 0.3) is 5.91 Å².